The highest BCUT2D eigenvalue weighted by Crippen LogP contribution is 2.21. The lowest BCUT2D eigenvalue weighted by molar-refractivity contribution is 0.0750. The number of likely N-dealkylation sites (tertiary alicyclic amines) is 1. The predicted molar refractivity (Wildman–Crippen MR) is 69.0 cm³/mol. The number of hydrogen-bond acceptors (Lipinski definition) is 1. The van der Waals surface area contributed by atoms with E-state index < -0.39 is 0 Å². The highest BCUT2D eigenvalue weighted by atomic mass is 79.9. The first kappa shape index (κ1) is 11.6. The summed E-state index contributed by atoms with van der Waals surface area (Å²) in [6, 6.07) is 8.20. The van der Waals surface area contributed by atoms with Gasteiger partial charge in [0.15, 0.2) is 0 Å². The summed E-state index contributed by atoms with van der Waals surface area (Å²) in [6.07, 6.45) is 2.23. The van der Waals surface area contributed by atoms with Gasteiger partial charge in [-0.3, -0.25) is 4.79 Å². The van der Waals surface area contributed by atoms with Crippen LogP contribution in [0.4, 0.5) is 0 Å². The van der Waals surface area contributed by atoms with E-state index >= 15 is 0 Å². The Morgan fingerprint density at radius 1 is 1.56 bits per heavy atom. The third-order valence-corrected chi connectivity index (χ3v) is 3.83. The second-order valence-corrected chi connectivity index (χ2v) is 4.97. The zero-order valence-electron chi connectivity index (χ0n) is 9.45. The van der Waals surface area contributed by atoms with Crippen LogP contribution in [0.2, 0.25) is 0 Å². The van der Waals surface area contributed by atoms with Crippen LogP contribution in [0.25, 0.3) is 0 Å². The molecular weight excluding hydrogens is 266 g/mol. The van der Waals surface area contributed by atoms with Crippen LogP contribution >= 0.6 is 15.9 Å². The van der Waals surface area contributed by atoms with E-state index in [1.54, 1.807) is 0 Å². The fraction of sp³-hybridized carbons (Fsp3) is 0.462. The van der Waals surface area contributed by atoms with E-state index in [1.807, 2.05) is 36.1 Å². The maximum absolute atomic E-state index is 12.3. The lowest BCUT2D eigenvalue weighted by atomic mass is 10.1. The number of carbonyl (C=O) groups is 1. The molecule has 0 aromatic heterocycles. The van der Waals surface area contributed by atoms with Crippen molar-refractivity contribution in [2.75, 3.05) is 11.9 Å². The van der Waals surface area contributed by atoms with Gasteiger partial charge in [0.1, 0.15) is 0 Å². The Kier molecular flexibility index (Phi) is 3.64. The van der Waals surface area contributed by atoms with Gasteiger partial charge < -0.3 is 4.90 Å². The third kappa shape index (κ3) is 2.29. The molecule has 1 amide bonds. The summed E-state index contributed by atoms with van der Waals surface area (Å²) in [6.45, 7) is 2.91. The number of carbonyl (C=O) groups excluding carboxylic acids is 1. The Morgan fingerprint density at radius 2 is 2.38 bits per heavy atom. The molecule has 0 bridgehead atoms. The number of aryl methyl sites for hydroxylation is 1. The number of amides is 1. The molecule has 1 fully saturated rings. The molecule has 1 aromatic carbocycles. The van der Waals surface area contributed by atoms with Crippen molar-refractivity contribution >= 4 is 21.8 Å². The van der Waals surface area contributed by atoms with Crippen molar-refractivity contribution in [3.63, 3.8) is 0 Å². The summed E-state index contributed by atoms with van der Waals surface area (Å²) >= 11 is 3.48. The van der Waals surface area contributed by atoms with Crippen LogP contribution in [0.3, 0.4) is 0 Å². The molecule has 86 valence electrons. The lowest BCUT2D eigenvalue weighted by Gasteiger charge is -2.23. The zero-order chi connectivity index (χ0) is 11.5. The number of rotatable bonds is 2. The largest absolute Gasteiger partial charge is 0.335 e. The zero-order valence-corrected chi connectivity index (χ0v) is 11.0. The number of nitrogens with zero attached hydrogens (tertiary/aromatic N) is 1. The number of halogens is 1. The van der Waals surface area contributed by atoms with Crippen LogP contribution in [0.5, 0.6) is 0 Å². The molecule has 1 aromatic rings. The molecule has 0 N–H and O–H groups in total. The van der Waals surface area contributed by atoms with Crippen molar-refractivity contribution in [1.82, 2.24) is 4.90 Å². The van der Waals surface area contributed by atoms with Gasteiger partial charge in [-0.05, 0) is 31.9 Å². The molecule has 0 saturated carbocycles. The van der Waals surface area contributed by atoms with Crippen molar-refractivity contribution in [2.24, 2.45) is 0 Å². The molecule has 0 radical (unpaired) electrons. The number of benzene rings is 1. The summed E-state index contributed by atoms with van der Waals surface area (Å²) < 4.78 is 0. The molecule has 1 heterocycles. The van der Waals surface area contributed by atoms with E-state index in [1.165, 1.54) is 0 Å². The van der Waals surface area contributed by atoms with Crippen molar-refractivity contribution in [3.8, 4) is 0 Å². The van der Waals surface area contributed by atoms with E-state index in [0.717, 1.165) is 35.8 Å². The summed E-state index contributed by atoms with van der Waals surface area (Å²) in [5, 5.41) is 0.880. The Hall–Kier alpha value is -0.830. The third-order valence-electron chi connectivity index (χ3n) is 3.08. The second-order valence-electron chi connectivity index (χ2n) is 4.32. The Bertz CT molecular complexity index is 391. The fourth-order valence-corrected chi connectivity index (χ4v) is 2.88. The van der Waals surface area contributed by atoms with Crippen molar-refractivity contribution in [1.29, 1.82) is 0 Å². The van der Waals surface area contributed by atoms with Gasteiger partial charge in [0, 0.05) is 23.5 Å². The Labute approximate surface area is 105 Å². The van der Waals surface area contributed by atoms with Crippen molar-refractivity contribution in [3.05, 3.63) is 35.4 Å². The monoisotopic (exact) mass is 281 g/mol. The minimum absolute atomic E-state index is 0.172. The summed E-state index contributed by atoms with van der Waals surface area (Å²) in [5.74, 6) is 0.172. The van der Waals surface area contributed by atoms with Crippen molar-refractivity contribution in [2.45, 2.75) is 25.8 Å². The maximum atomic E-state index is 12.3. The topological polar surface area (TPSA) is 20.3 Å². The minimum Gasteiger partial charge on any atom is -0.335 e. The molecule has 2 rings (SSSR count). The van der Waals surface area contributed by atoms with Crippen LogP contribution < -0.4 is 0 Å². The average Bonchev–Trinajstić information content (AvgIpc) is 2.76. The molecule has 1 aliphatic rings. The van der Waals surface area contributed by atoms with E-state index in [-0.39, 0.29) is 5.91 Å². The summed E-state index contributed by atoms with van der Waals surface area (Å²) in [7, 11) is 0. The summed E-state index contributed by atoms with van der Waals surface area (Å²) in [4.78, 5) is 14.3. The fourth-order valence-electron chi connectivity index (χ4n) is 2.21. The first-order valence-corrected chi connectivity index (χ1v) is 6.78. The van der Waals surface area contributed by atoms with Gasteiger partial charge in [0.25, 0.3) is 5.91 Å². The summed E-state index contributed by atoms with van der Waals surface area (Å²) in [5.41, 5.74) is 1.95. The number of hydrogen-bond donors (Lipinski definition) is 0. The van der Waals surface area contributed by atoms with Crippen LogP contribution in [0, 0.1) is 6.92 Å². The van der Waals surface area contributed by atoms with Gasteiger partial charge in [-0.15, -0.1) is 0 Å². The lowest BCUT2D eigenvalue weighted by Crippen LogP contribution is -2.36. The quantitative estimate of drug-likeness (QED) is 0.764. The van der Waals surface area contributed by atoms with E-state index in [9.17, 15) is 4.79 Å². The van der Waals surface area contributed by atoms with Crippen LogP contribution in [0.1, 0.15) is 28.8 Å². The van der Waals surface area contributed by atoms with Crippen LogP contribution in [0.15, 0.2) is 24.3 Å². The molecular formula is C13H16BrNO. The molecule has 1 aliphatic heterocycles. The van der Waals surface area contributed by atoms with Gasteiger partial charge in [0.2, 0.25) is 0 Å². The minimum atomic E-state index is 0.172. The van der Waals surface area contributed by atoms with Crippen molar-refractivity contribution < 1.29 is 4.79 Å². The predicted octanol–water partition coefficient (Wildman–Crippen LogP) is 2.99. The maximum Gasteiger partial charge on any atom is 0.254 e. The molecule has 1 saturated heterocycles. The van der Waals surface area contributed by atoms with Gasteiger partial charge in [0.05, 0.1) is 0 Å². The van der Waals surface area contributed by atoms with Gasteiger partial charge in [-0.25, -0.2) is 0 Å². The van der Waals surface area contributed by atoms with Gasteiger partial charge >= 0.3 is 0 Å². The van der Waals surface area contributed by atoms with Gasteiger partial charge in [-0.2, -0.15) is 0 Å². The molecule has 2 nitrogen and oxygen atoms in total. The SMILES string of the molecule is Cc1cccc(C(=O)N2CCCC2CBr)c1. The first-order chi connectivity index (χ1) is 7.72. The normalized spacial score (nSPS) is 20.1. The molecule has 1 atom stereocenters. The first-order valence-electron chi connectivity index (χ1n) is 5.66. The van der Waals surface area contributed by atoms with E-state index in [4.69, 9.17) is 0 Å². The van der Waals surface area contributed by atoms with Crippen LogP contribution in [-0.4, -0.2) is 28.7 Å². The molecule has 1 unspecified atom stereocenters. The second kappa shape index (κ2) is 5.00. The highest BCUT2D eigenvalue weighted by Gasteiger charge is 2.28. The molecule has 0 aliphatic carbocycles. The standard InChI is InChI=1S/C13H16BrNO/c1-10-4-2-5-11(8-10)13(16)15-7-3-6-12(15)9-14/h2,4-5,8,12H,3,6-7,9H2,1H3. The van der Waals surface area contributed by atoms with Gasteiger partial charge in [-0.1, -0.05) is 33.6 Å². The Balaban J connectivity index is 2.18. The highest BCUT2D eigenvalue weighted by molar-refractivity contribution is 9.09. The molecule has 16 heavy (non-hydrogen) atoms. The Morgan fingerprint density at radius 3 is 3.06 bits per heavy atom. The van der Waals surface area contributed by atoms with Crippen LogP contribution in [-0.2, 0) is 0 Å². The number of alkyl halides is 1. The van der Waals surface area contributed by atoms with E-state index in [0.29, 0.717) is 6.04 Å². The molecule has 0 spiro atoms. The smallest absolute Gasteiger partial charge is 0.254 e. The average molecular weight is 282 g/mol. The molecule has 3 heteroatoms. The van der Waals surface area contributed by atoms with E-state index in [2.05, 4.69) is 15.9 Å².